The Morgan fingerprint density at radius 1 is 1.33 bits per heavy atom. The summed E-state index contributed by atoms with van der Waals surface area (Å²) in [7, 11) is 1.47. The number of nitrogens with one attached hydrogen (secondary N) is 2. The SMILES string of the molecule is CNc1nccc(C(=O)Nc2ccc(C#N)cc2F)c1F. The summed E-state index contributed by atoms with van der Waals surface area (Å²) in [5.74, 6) is -2.49. The summed E-state index contributed by atoms with van der Waals surface area (Å²) in [6.45, 7) is 0. The van der Waals surface area contributed by atoms with Crippen LogP contribution in [-0.4, -0.2) is 17.9 Å². The van der Waals surface area contributed by atoms with Gasteiger partial charge in [0.2, 0.25) is 0 Å². The maximum atomic E-state index is 13.9. The third-order valence-corrected chi connectivity index (χ3v) is 2.72. The summed E-state index contributed by atoms with van der Waals surface area (Å²) < 4.78 is 27.6. The quantitative estimate of drug-likeness (QED) is 0.909. The van der Waals surface area contributed by atoms with Gasteiger partial charge in [-0.15, -0.1) is 0 Å². The predicted octanol–water partition coefficient (Wildman–Crippen LogP) is 2.53. The van der Waals surface area contributed by atoms with Crippen molar-refractivity contribution < 1.29 is 13.6 Å². The molecule has 7 heteroatoms. The molecule has 5 nitrogen and oxygen atoms in total. The van der Waals surface area contributed by atoms with E-state index in [0.29, 0.717) is 0 Å². The molecule has 0 radical (unpaired) electrons. The lowest BCUT2D eigenvalue weighted by Gasteiger charge is -2.09. The van der Waals surface area contributed by atoms with Crippen LogP contribution in [0.25, 0.3) is 0 Å². The summed E-state index contributed by atoms with van der Waals surface area (Å²) >= 11 is 0. The Morgan fingerprint density at radius 3 is 2.71 bits per heavy atom. The Morgan fingerprint density at radius 2 is 2.10 bits per heavy atom. The van der Waals surface area contributed by atoms with E-state index in [1.165, 1.54) is 31.4 Å². The lowest BCUT2D eigenvalue weighted by atomic mass is 10.2. The zero-order valence-electron chi connectivity index (χ0n) is 10.9. The largest absolute Gasteiger partial charge is 0.371 e. The number of hydrogen-bond donors (Lipinski definition) is 2. The molecule has 2 rings (SSSR count). The molecule has 0 atom stereocenters. The Hall–Kier alpha value is -3.01. The van der Waals surface area contributed by atoms with Gasteiger partial charge in [0.15, 0.2) is 11.6 Å². The van der Waals surface area contributed by atoms with Gasteiger partial charge in [-0.1, -0.05) is 0 Å². The van der Waals surface area contributed by atoms with E-state index in [-0.39, 0.29) is 22.6 Å². The monoisotopic (exact) mass is 288 g/mol. The van der Waals surface area contributed by atoms with Crippen molar-refractivity contribution in [1.29, 1.82) is 5.26 Å². The van der Waals surface area contributed by atoms with Crippen LogP contribution in [0, 0.1) is 23.0 Å². The molecule has 0 spiro atoms. The highest BCUT2D eigenvalue weighted by Gasteiger charge is 2.17. The van der Waals surface area contributed by atoms with Crippen molar-refractivity contribution >= 4 is 17.4 Å². The Bertz CT molecular complexity index is 740. The van der Waals surface area contributed by atoms with Gasteiger partial charge in [-0.25, -0.2) is 13.8 Å². The molecule has 1 aromatic heterocycles. The number of amides is 1. The zero-order chi connectivity index (χ0) is 15.4. The smallest absolute Gasteiger partial charge is 0.258 e. The fraction of sp³-hybridized carbons (Fsp3) is 0.0714. The number of nitriles is 1. The molecule has 1 heterocycles. The number of aromatic nitrogens is 1. The number of nitrogens with zero attached hydrogens (tertiary/aromatic N) is 2. The van der Waals surface area contributed by atoms with Gasteiger partial charge in [0.1, 0.15) is 5.82 Å². The number of rotatable bonds is 3. The second-order valence-corrected chi connectivity index (χ2v) is 4.03. The van der Waals surface area contributed by atoms with Gasteiger partial charge >= 0.3 is 0 Å². The fourth-order valence-corrected chi connectivity index (χ4v) is 1.67. The van der Waals surface area contributed by atoms with Crippen molar-refractivity contribution in [2.24, 2.45) is 0 Å². The van der Waals surface area contributed by atoms with Gasteiger partial charge in [-0.05, 0) is 24.3 Å². The van der Waals surface area contributed by atoms with Crippen molar-refractivity contribution in [1.82, 2.24) is 4.98 Å². The van der Waals surface area contributed by atoms with E-state index < -0.39 is 17.5 Å². The molecular formula is C14H10F2N4O. The van der Waals surface area contributed by atoms with E-state index >= 15 is 0 Å². The first kappa shape index (κ1) is 14.4. The van der Waals surface area contributed by atoms with E-state index in [2.05, 4.69) is 15.6 Å². The minimum Gasteiger partial charge on any atom is -0.371 e. The third-order valence-electron chi connectivity index (χ3n) is 2.72. The molecule has 21 heavy (non-hydrogen) atoms. The van der Waals surface area contributed by atoms with Gasteiger partial charge in [-0.2, -0.15) is 5.26 Å². The highest BCUT2D eigenvalue weighted by atomic mass is 19.1. The molecule has 1 amide bonds. The summed E-state index contributed by atoms with van der Waals surface area (Å²) in [5.41, 5.74) is -0.280. The molecule has 0 bridgehead atoms. The van der Waals surface area contributed by atoms with E-state index in [1.807, 2.05) is 0 Å². The lowest BCUT2D eigenvalue weighted by Crippen LogP contribution is -2.16. The second kappa shape index (κ2) is 5.96. The van der Waals surface area contributed by atoms with Crippen molar-refractivity contribution in [2.45, 2.75) is 0 Å². The first-order valence-corrected chi connectivity index (χ1v) is 5.90. The van der Waals surface area contributed by atoms with Crippen LogP contribution in [0.1, 0.15) is 15.9 Å². The van der Waals surface area contributed by atoms with Gasteiger partial charge in [0, 0.05) is 13.2 Å². The van der Waals surface area contributed by atoms with Crippen LogP contribution in [-0.2, 0) is 0 Å². The number of halogens is 2. The standard InChI is InChI=1S/C14H10F2N4O/c1-18-13-12(16)9(4-5-19-13)14(21)20-11-3-2-8(7-17)6-10(11)15/h2-6H,1H3,(H,18,19)(H,20,21). The second-order valence-electron chi connectivity index (χ2n) is 4.03. The number of carbonyl (C=O) groups excluding carboxylic acids is 1. The van der Waals surface area contributed by atoms with Crippen LogP contribution >= 0.6 is 0 Å². The molecule has 0 aliphatic heterocycles. The normalized spacial score (nSPS) is 9.81. The van der Waals surface area contributed by atoms with Gasteiger partial charge in [0.25, 0.3) is 5.91 Å². The number of benzene rings is 1. The Balaban J connectivity index is 2.29. The highest BCUT2D eigenvalue weighted by molar-refractivity contribution is 6.05. The maximum absolute atomic E-state index is 13.9. The van der Waals surface area contributed by atoms with Crippen molar-refractivity contribution in [3.8, 4) is 6.07 Å². The average Bonchev–Trinajstić information content (AvgIpc) is 2.49. The molecule has 0 aliphatic carbocycles. The highest BCUT2D eigenvalue weighted by Crippen LogP contribution is 2.19. The van der Waals surface area contributed by atoms with Crippen LogP contribution in [0.15, 0.2) is 30.5 Å². The predicted molar refractivity (Wildman–Crippen MR) is 72.8 cm³/mol. The van der Waals surface area contributed by atoms with Gasteiger partial charge in [-0.3, -0.25) is 4.79 Å². The minimum absolute atomic E-state index is 0.0806. The van der Waals surface area contributed by atoms with E-state index in [4.69, 9.17) is 5.26 Å². The maximum Gasteiger partial charge on any atom is 0.258 e. The number of carbonyl (C=O) groups is 1. The molecule has 1 aromatic carbocycles. The molecule has 106 valence electrons. The fourth-order valence-electron chi connectivity index (χ4n) is 1.67. The third kappa shape index (κ3) is 2.95. The van der Waals surface area contributed by atoms with Crippen LogP contribution in [0.2, 0.25) is 0 Å². The molecule has 2 N–H and O–H groups in total. The van der Waals surface area contributed by atoms with Crippen molar-refractivity contribution in [2.75, 3.05) is 17.7 Å². The first-order chi connectivity index (χ1) is 10.1. The summed E-state index contributed by atoms with van der Waals surface area (Å²) in [5, 5.41) is 13.4. The van der Waals surface area contributed by atoms with Crippen LogP contribution in [0.4, 0.5) is 20.3 Å². The van der Waals surface area contributed by atoms with Crippen LogP contribution in [0.3, 0.4) is 0 Å². The Kier molecular flexibility index (Phi) is 4.09. The minimum atomic E-state index is -0.827. The summed E-state index contributed by atoms with van der Waals surface area (Å²) in [4.78, 5) is 15.7. The molecule has 0 fully saturated rings. The first-order valence-electron chi connectivity index (χ1n) is 5.90. The van der Waals surface area contributed by atoms with Crippen molar-refractivity contribution in [3.63, 3.8) is 0 Å². The number of hydrogen-bond acceptors (Lipinski definition) is 4. The molecule has 0 saturated carbocycles. The van der Waals surface area contributed by atoms with E-state index in [9.17, 15) is 13.6 Å². The summed E-state index contributed by atoms with van der Waals surface area (Å²) in [6, 6.07) is 6.53. The summed E-state index contributed by atoms with van der Waals surface area (Å²) in [6.07, 6.45) is 1.26. The van der Waals surface area contributed by atoms with E-state index in [0.717, 1.165) is 6.07 Å². The molecule has 0 saturated heterocycles. The number of pyridine rings is 1. The van der Waals surface area contributed by atoms with Crippen LogP contribution in [0.5, 0.6) is 0 Å². The Labute approximate surface area is 119 Å². The van der Waals surface area contributed by atoms with Gasteiger partial charge in [0.05, 0.1) is 22.9 Å². The topological polar surface area (TPSA) is 77.8 Å². The molecular weight excluding hydrogens is 278 g/mol. The lowest BCUT2D eigenvalue weighted by molar-refractivity contribution is 0.102. The average molecular weight is 288 g/mol. The van der Waals surface area contributed by atoms with Gasteiger partial charge < -0.3 is 10.6 Å². The van der Waals surface area contributed by atoms with Crippen LogP contribution < -0.4 is 10.6 Å². The van der Waals surface area contributed by atoms with Crippen molar-refractivity contribution in [3.05, 3.63) is 53.2 Å². The molecule has 0 unspecified atom stereocenters. The van der Waals surface area contributed by atoms with E-state index in [1.54, 1.807) is 6.07 Å². The zero-order valence-corrected chi connectivity index (χ0v) is 10.9. The molecule has 0 aliphatic rings. The number of anilines is 2. The molecule has 2 aromatic rings.